The summed E-state index contributed by atoms with van der Waals surface area (Å²) in [5, 5.41) is 22.6. The van der Waals surface area contributed by atoms with E-state index in [4.69, 9.17) is 16.7 Å². The van der Waals surface area contributed by atoms with E-state index in [2.05, 4.69) is 5.10 Å². The highest BCUT2D eigenvalue weighted by molar-refractivity contribution is 6.31. The van der Waals surface area contributed by atoms with E-state index in [1.54, 1.807) is 0 Å². The molecule has 1 rings (SSSR count). The third kappa shape index (κ3) is 1.26. The van der Waals surface area contributed by atoms with E-state index in [0.29, 0.717) is 0 Å². The molecule has 0 fully saturated rings. The van der Waals surface area contributed by atoms with Gasteiger partial charge in [-0.1, -0.05) is 11.6 Å². The summed E-state index contributed by atoms with van der Waals surface area (Å²) in [5.41, 5.74) is -0.353. The molecule has 0 aliphatic rings. The first kappa shape index (κ1) is 8.95. The Bertz CT molecular complexity index is 322. The summed E-state index contributed by atoms with van der Waals surface area (Å²) in [6.07, 6.45) is 0. The van der Waals surface area contributed by atoms with E-state index in [0.717, 1.165) is 4.68 Å². The van der Waals surface area contributed by atoms with Crippen LogP contribution in [0.15, 0.2) is 0 Å². The standard InChI is InChI=1S/C5H6ClN3O3/c1-8-5(6)4(9(11)12)3(2-10)7-8/h10H,2H2,1H3. The first-order chi connectivity index (χ1) is 5.57. The molecule has 1 aromatic heterocycles. The van der Waals surface area contributed by atoms with Crippen LogP contribution in [0.4, 0.5) is 5.69 Å². The number of hydrogen-bond donors (Lipinski definition) is 1. The molecule has 0 bridgehead atoms. The van der Waals surface area contributed by atoms with Crippen LogP contribution in [0.25, 0.3) is 0 Å². The van der Waals surface area contributed by atoms with E-state index in [9.17, 15) is 10.1 Å². The van der Waals surface area contributed by atoms with E-state index < -0.39 is 11.5 Å². The van der Waals surface area contributed by atoms with E-state index in [-0.39, 0.29) is 16.5 Å². The summed E-state index contributed by atoms with van der Waals surface area (Å²) in [6.45, 7) is -0.489. The molecular weight excluding hydrogens is 186 g/mol. The van der Waals surface area contributed by atoms with E-state index >= 15 is 0 Å². The number of aromatic nitrogens is 2. The zero-order valence-electron chi connectivity index (χ0n) is 6.19. The topological polar surface area (TPSA) is 81.2 Å². The van der Waals surface area contributed by atoms with Crippen molar-refractivity contribution in [2.45, 2.75) is 6.61 Å². The zero-order chi connectivity index (χ0) is 9.30. The average molecular weight is 192 g/mol. The summed E-state index contributed by atoms with van der Waals surface area (Å²) < 4.78 is 1.14. The van der Waals surface area contributed by atoms with Gasteiger partial charge in [0, 0.05) is 7.05 Å². The fraction of sp³-hybridized carbons (Fsp3) is 0.400. The second kappa shape index (κ2) is 3.08. The van der Waals surface area contributed by atoms with Crippen molar-refractivity contribution in [3.05, 3.63) is 21.0 Å². The number of hydrogen-bond acceptors (Lipinski definition) is 4. The number of aliphatic hydroxyl groups is 1. The SMILES string of the molecule is Cn1nc(CO)c([N+](=O)[O-])c1Cl. The lowest BCUT2D eigenvalue weighted by molar-refractivity contribution is -0.385. The van der Waals surface area contributed by atoms with Crippen molar-refractivity contribution >= 4 is 17.3 Å². The molecule has 1 aromatic rings. The summed E-state index contributed by atoms with van der Waals surface area (Å²) in [5.74, 6) is 0. The van der Waals surface area contributed by atoms with Crippen LogP contribution in [0.2, 0.25) is 5.15 Å². The predicted molar refractivity (Wildman–Crippen MR) is 40.8 cm³/mol. The van der Waals surface area contributed by atoms with Crippen LogP contribution in [0.5, 0.6) is 0 Å². The van der Waals surface area contributed by atoms with E-state index in [1.807, 2.05) is 0 Å². The van der Waals surface area contributed by atoms with Crippen LogP contribution in [-0.4, -0.2) is 19.8 Å². The number of aliphatic hydroxyl groups excluding tert-OH is 1. The van der Waals surface area contributed by atoms with Gasteiger partial charge in [0.1, 0.15) is 0 Å². The molecule has 0 atom stereocenters. The molecule has 1 N–H and O–H groups in total. The molecule has 0 aromatic carbocycles. The Hall–Kier alpha value is -1.14. The Balaban J connectivity index is 3.31. The lowest BCUT2D eigenvalue weighted by atomic mass is 10.4. The molecule has 0 saturated carbocycles. The van der Waals surface area contributed by atoms with Gasteiger partial charge in [-0.3, -0.25) is 14.8 Å². The minimum atomic E-state index is -0.666. The molecule has 0 spiro atoms. The highest BCUT2D eigenvalue weighted by Crippen LogP contribution is 2.27. The fourth-order valence-electron chi connectivity index (χ4n) is 0.832. The Morgan fingerprint density at radius 3 is 2.75 bits per heavy atom. The van der Waals surface area contributed by atoms with Gasteiger partial charge in [-0.15, -0.1) is 0 Å². The largest absolute Gasteiger partial charge is 0.390 e. The van der Waals surface area contributed by atoms with Gasteiger partial charge in [0.15, 0.2) is 5.69 Å². The molecule has 1 heterocycles. The van der Waals surface area contributed by atoms with E-state index in [1.165, 1.54) is 7.05 Å². The quantitative estimate of drug-likeness (QED) is 0.544. The monoisotopic (exact) mass is 191 g/mol. The summed E-state index contributed by atoms with van der Waals surface area (Å²) >= 11 is 5.54. The minimum absolute atomic E-state index is 0.0208. The minimum Gasteiger partial charge on any atom is -0.390 e. The van der Waals surface area contributed by atoms with Crippen molar-refractivity contribution in [1.82, 2.24) is 9.78 Å². The first-order valence-corrected chi connectivity index (χ1v) is 3.42. The maximum Gasteiger partial charge on any atom is 0.331 e. The van der Waals surface area contributed by atoms with Gasteiger partial charge < -0.3 is 5.11 Å². The number of rotatable bonds is 2. The Morgan fingerprint density at radius 2 is 2.42 bits per heavy atom. The van der Waals surface area contributed by atoms with Crippen LogP contribution in [-0.2, 0) is 13.7 Å². The number of aryl methyl sites for hydroxylation is 1. The van der Waals surface area contributed by atoms with Gasteiger partial charge in [-0.05, 0) is 0 Å². The molecule has 66 valence electrons. The second-order valence-electron chi connectivity index (χ2n) is 2.12. The zero-order valence-corrected chi connectivity index (χ0v) is 6.95. The van der Waals surface area contributed by atoms with Gasteiger partial charge in [0.2, 0.25) is 5.15 Å². The third-order valence-electron chi connectivity index (χ3n) is 1.36. The van der Waals surface area contributed by atoms with Crippen LogP contribution in [0, 0.1) is 10.1 Å². The van der Waals surface area contributed by atoms with Crippen molar-refractivity contribution in [2.75, 3.05) is 0 Å². The van der Waals surface area contributed by atoms with Crippen molar-refractivity contribution in [3.63, 3.8) is 0 Å². The molecule has 0 amide bonds. The molecule has 12 heavy (non-hydrogen) atoms. The van der Waals surface area contributed by atoms with Crippen molar-refractivity contribution < 1.29 is 10.0 Å². The molecule has 0 aliphatic heterocycles. The summed E-state index contributed by atoms with van der Waals surface area (Å²) in [4.78, 5) is 9.71. The van der Waals surface area contributed by atoms with Crippen LogP contribution >= 0.6 is 11.6 Å². The summed E-state index contributed by atoms with van der Waals surface area (Å²) in [7, 11) is 1.47. The fourth-order valence-corrected chi connectivity index (χ4v) is 1.05. The summed E-state index contributed by atoms with van der Waals surface area (Å²) in [6, 6.07) is 0. The maximum absolute atomic E-state index is 10.4. The second-order valence-corrected chi connectivity index (χ2v) is 2.48. The number of nitrogens with zero attached hydrogens (tertiary/aromatic N) is 3. The third-order valence-corrected chi connectivity index (χ3v) is 1.78. The highest BCUT2D eigenvalue weighted by atomic mass is 35.5. The van der Waals surface area contributed by atoms with Crippen molar-refractivity contribution in [1.29, 1.82) is 0 Å². The van der Waals surface area contributed by atoms with Crippen molar-refractivity contribution in [3.8, 4) is 0 Å². The van der Waals surface area contributed by atoms with Gasteiger partial charge in [0.05, 0.1) is 11.5 Å². The molecule has 0 radical (unpaired) electrons. The molecule has 0 unspecified atom stereocenters. The highest BCUT2D eigenvalue weighted by Gasteiger charge is 2.24. The number of nitro groups is 1. The van der Waals surface area contributed by atoms with Crippen LogP contribution in [0.1, 0.15) is 5.69 Å². The van der Waals surface area contributed by atoms with Gasteiger partial charge in [-0.25, -0.2) is 0 Å². The smallest absolute Gasteiger partial charge is 0.331 e. The molecule has 0 aliphatic carbocycles. The molecule has 7 heteroatoms. The predicted octanol–water partition coefficient (Wildman–Crippen LogP) is 0.474. The lowest BCUT2D eigenvalue weighted by Crippen LogP contribution is -1.92. The van der Waals surface area contributed by atoms with Crippen LogP contribution in [0.3, 0.4) is 0 Å². The Morgan fingerprint density at radius 1 is 1.83 bits per heavy atom. The normalized spacial score (nSPS) is 10.2. The maximum atomic E-state index is 10.4. The van der Waals surface area contributed by atoms with Gasteiger partial charge >= 0.3 is 5.69 Å². The Labute approximate surface area is 72.5 Å². The van der Waals surface area contributed by atoms with Crippen LogP contribution < -0.4 is 0 Å². The average Bonchev–Trinajstić information content (AvgIpc) is 2.28. The lowest BCUT2D eigenvalue weighted by Gasteiger charge is -1.88. The molecule has 0 saturated heterocycles. The molecule has 6 nitrogen and oxygen atoms in total. The first-order valence-electron chi connectivity index (χ1n) is 3.04. The molecular formula is C5H6ClN3O3. The Kier molecular flexibility index (Phi) is 2.30. The van der Waals surface area contributed by atoms with Gasteiger partial charge in [0.25, 0.3) is 0 Å². The number of halogens is 1. The van der Waals surface area contributed by atoms with Crippen molar-refractivity contribution in [2.24, 2.45) is 7.05 Å². The van der Waals surface area contributed by atoms with Gasteiger partial charge in [-0.2, -0.15) is 5.10 Å².